The second kappa shape index (κ2) is 8.87. The number of nitrogens with one attached hydrogen (secondary N) is 3. The van der Waals surface area contributed by atoms with Gasteiger partial charge >= 0.3 is 0 Å². The lowest BCUT2D eigenvalue weighted by molar-refractivity contribution is -0.114. The predicted molar refractivity (Wildman–Crippen MR) is 102 cm³/mol. The minimum Gasteiger partial charge on any atom is -0.376 e. The molecule has 0 bridgehead atoms. The zero-order chi connectivity index (χ0) is 18.2. The van der Waals surface area contributed by atoms with E-state index in [1.165, 1.54) is 5.56 Å². The minimum absolute atomic E-state index is 0.149. The molecule has 3 N–H and O–H groups in total. The lowest BCUT2D eigenvalue weighted by Gasteiger charge is -2.14. The number of amides is 2. The molecule has 0 aliphatic rings. The third-order valence-electron chi connectivity index (χ3n) is 3.91. The zero-order valence-electron chi connectivity index (χ0n) is 15.0. The summed E-state index contributed by atoms with van der Waals surface area (Å²) in [5, 5.41) is 8.79. The smallest absolute Gasteiger partial charge is 0.251 e. The number of para-hydroxylation sites is 1. The average Bonchev–Trinajstić information content (AvgIpc) is 2.61. The molecule has 0 spiro atoms. The van der Waals surface area contributed by atoms with Gasteiger partial charge in [-0.15, -0.1) is 0 Å². The van der Waals surface area contributed by atoms with Gasteiger partial charge in [0.25, 0.3) is 5.91 Å². The van der Waals surface area contributed by atoms with Crippen molar-refractivity contribution in [3.8, 4) is 0 Å². The SMILES string of the molecule is CCNC(=O)c1cccc(NC(=O)CNc2c(C)cccc2CC)c1. The molecule has 25 heavy (non-hydrogen) atoms. The quantitative estimate of drug-likeness (QED) is 0.724. The standard InChI is InChI=1S/C20H25N3O2/c1-4-15-9-6-8-14(3)19(15)22-13-18(24)23-17-11-7-10-16(12-17)20(25)21-5-2/h6-12,22H,4-5,13H2,1-3H3,(H,21,25)(H,23,24). The van der Waals surface area contributed by atoms with Gasteiger partial charge in [-0.2, -0.15) is 0 Å². The molecule has 132 valence electrons. The number of carbonyl (C=O) groups excluding carboxylic acids is 2. The van der Waals surface area contributed by atoms with E-state index in [-0.39, 0.29) is 18.4 Å². The van der Waals surface area contributed by atoms with Crippen LogP contribution < -0.4 is 16.0 Å². The first-order valence-electron chi connectivity index (χ1n) is 8.55. The van der Waals surface area contributed by atoms with Crippen molar-refractivity contribution in [2.45, 2.75) is 27.2 Å². The van der Waals surface area contributed by atoms with Crippen molar-refractivity contribution < 1.29 is 9.59 Å². The molecule has 2 aromatic rings. The van der Waals surface area contributed by atoms with E-state index in [2.05, 4.69) is 28.9 Å². The molecule has 2 rings (SSSR count). The number of hydrogen-bond acceptors (Lipinski definition) is 3. The van der Waals surface area contributed by atoms with Crippen LogP contribution in [-0.4, -0.2) is 24.9 Å². The summed E-state index contributed by atoms with van der Waals surface area (Å²) >= 11 is 0. The molecule has 2 aromatic carbocycles. The number of benzene rings is 2. The van der Waals surface area contributed by atoms with Crippen LogP contribution in [0.25, 0.3) is 0 Å². The van der Waals surface area contributed by atoms with Crippen LogP contribution in [0.5, 0.6) is 0 Å². The summed E-state index contributed by atoms with van der Waals surface area (Å²) in [5.74, 6) is -0.303. The van der Waals surface area contributed by atoms with Crippen LogP contribution >= 0.6 is 0 Å². The molecule has 0 aliphatic heterocycles. The fourth-order valence-corrected chi connectivity index (χ4v) is 2.65. The molecule has 0 unspecified atom stereocenters. The fourth-order valence-electron chi connectivity index (χ4n) is 2.65. The monoisotopic (exact) mass is 339 g/mol. The van der Waals surface area contributed by atoms with Gasteiger partial charge in [0.1, 0.15) is 0 Å². The topological polar surface area (TPSA) is 70.2 Å². The molecular weight excluding hydrogens is 314 g/mol. The third-order valence-corrected chi connectivity index (χ3v) is 3.91. The van der Waals surface area contributed by atoms with E-state index in [0.29, 0.717) is 17.8 Å². The highest BCUT2D eigenvalue weighted by Gasteiger charge is 2.09. The Labute approximate surface area is 148 Å². The van der Waals surface area contributed by atoms with Crippen molar-refractivity contribution in [3.05, 3.63) is 59.2 Å². The zero-order valence-corrected chi connectivity index (χ0v) is 15.0. The van der Waals surface area contributed by atoms with Crippen molar-refractivity contribution >= 4 is 23.2 Å². The molecule has 0 radical (unpaired) electrons. The molecular formula is C20H25N3O2. The van der Waals surface area contributed by atoms with Crippen LogP contribution in [0.3, 0.4) is 0 Å². The largest absolute Gasteiger partial charge is 0.376 e. The Morgan fingerprint density at radius 3 is 2.52 bits per heavy atom. The summed E-state index contributed by atoms with van der Waals surface area (Å²) in [4.78, 5) is 24.1. The molecule has 0 saturated carbocycles. The summed E-state index contributed by atoms with van der Waals surface area (Å²) in [6.07, 6.45) is 0.903. The second-order valence-corrected chi connectivity index (χ2v) is 5.80. The first-order chi connectivity index (χ1) is 12.0. The Kier molecular flexibility index (Phi) is 6.57. The van der Waals surface area contributed by atoms with E-state index in [4.69, 9.17) is 0 Å². The first-order valence-corrected chi connectivity index (χ1v) is 8.55. The van der Waals surface area contributed by atoms with Crippen LogP contribution in [0.2, 0.25) is 0 Å². The Morgan fingerprint density at radius 2 is 1.80 bits per heavy atom. The van der Waals surface area contributed by atoms with Crippen molar-refractivity contribution in [1.29, 1.82) is 0 Å². The van der Waals surface area contributed by atoms with Gasteiger partial charge in [-0.1, -0.05) is 31.2 Å². The molecule has 0 aliphatic carbocycles. The third kappa shape index (κ3) is 5.08. The normalized spacial score (nSPS) is 10.2. The summed E-state index contributed by atoms with van der Waals surface area (Å²) in [7, 11) is 0. The summed E-state index contributed by atoms with van der Waals surface area (Å²) in [6.45, 7) is 6.71. The van der Waals surface area contributed by atoms with Gasteiger partial charge in [-0.3, -0.25) is 9.59 Å². The van der Waals surface area contributed by atoms with Crippen molar-refractivity contribution in [1.82, 2.24) is 5.32 Å². The van der Waals surface area contributed by atoms with Gasteiger partial charge in [0.05, 0.1) is 6.54 Å². The Bertz CT molecular complexity index is 756. The molecule has 0 aromatic heterocycles. The average molecular weight is 339 g/mol. The van der Waals surface area contributed by atoms with E-state index in [0.717, 1.165) is 17.7 Å². The molecule has 2 amide bonds. The van der Waals surface area contributed by atoms with Gasteiger partial charge in [0.2, 0.25) is 5.91 Å². The van der Waals surface area contributed by atoms with Gasteiger partial charge in [0.15, 0.2) is 0 Å². The number of hydrogen-bond donors (Lipinski definition) is 3. The van der Waals surface area contributed by atoms with E-state index < -0.39 is 0 Å². The highest BCUT2D eigenvalue weighted by Crippen LogP contribution is 2.20. The number of rotatable bonds is 7. The van der Waals surface area contributed by atoms with E-state index in [9.17, 15) is 9.59 Å². The van der Waals surface area contributed by atoms with Crippen LogP contribution in [0.15, 0.2) is 42.5 Å². The van der Waals surface area contributed by atoms with Crippen molar-refractivity contribution in [2.24, 2.45) is 0 Å². The minimum atomic E-state index is -0.154. The Morgan fingerprint density at radius 1 is 1.04 bits per heavy atom. The van der Waals surface area contributed by atoms with Gasteiger partial charge in [-0.25, -0.2) is 0 Å². The Balaban J connectivity index is 1.99. The maximum atomic E-state index is 12.2. The fraction of sp³-hybridized carbons (Fsp3) is 0.300. The molecule has 0 heterocycles. The van der Waals surface area contributed by atoms with Crippen LogP contribution in [0.1, 0.15) is 35.3 Å². The summed E-state index contributed by atoms with van der Waals surface area (Å²) < 4.78 is 0. The summed E-state index contributed by atoms with van der Waals surface area (Å²) in [6, 6.07) is 13.0. The number of anilines is 2. The maximum absolute atomic E-state index is 12.2. The molecule has 0 saturated heterocycles. The highest BCUT2D eigenvalue weighted by molar-refractivity contribution is 5.98. The van der Waals surface area contributed by atoms with Gasteiger partial charge in [-0.05, 0) is 49.6 Å². The maximum Gasteiger partial charge on any atom is 0.251 e. The Hall–Kier alpha value is -2.82. The highest BCUT2D eigenvalue weighted by atomic mass is 16.2. The lowest BCUT2D eigenvalue weighted by Crippen LogP contribution is -2.24. The number of aryl methyl sites for hydroxylation is 2. The van der Waals surface area contributed by atoms with E-state index in [1.807, 2.05) is 26.0 Å². The van der Waals surface area contributed by atoms with Crippen LogP contribution in [0.4, 0.5) is 11.4 Å². The van der Waals surface area contributed by atoms with E-state index >= 15 is 0 Å². The molecule has 5 nitrogen and oxygen atoms in total. The lowest BCUT2D eigenvalue weighted by atomic mass is 10.1. The second-order valence-electron chi connectivity index (χ2n) is 5.80. The molecule has 5 heteroatoms. The number of carbonyl (C=O) groups is 2. The van der Waals surface area contributed by atoms with E-state index in [1.54, 1.807) is 24.3 Å². The van der Waals surface area contributed by atoms with Crippen molar-refractivity contribution in [3.63, 3.8) is 0 Å². The van der Waals surface area contributed by atoms with Crippen LogP contribution in [0, 0.1) is 6.92 Å². The summed E-state index contributed by atoms with van der Waals surface area (Å²) in [5.41, 5.74) is 4.45. The van der Waals surface area contributed by atoms with Gasteiger partial charge < -0.3 is 16.0 Å². The van der Waals surface area contributed by atoms with Crippen LogP contribution in [-0.2, 0) is 11.2 Å². The predicted octanol–water partition coefficient (Wildman–Crippen LogP) is 3.36. The van der Waals surface area contributed by atoms with Gasteiger partial charge in [0, 0.05) is 23.5 Å². The molecule has 0 fully saturated rings. The molecule has 0 atom stereocenters. The van der Waals surface area contributed by atoms with Crippen molar-refractivity contribution in [2.75, 3.05) is 23.7 Å². The first kappa shape index (κ1) is 18.5.